The SMILES string of the molecule is Cl.FC(F)(F)C12CC(C3CCNCC3)(C1)C2. The third kappa shape index (κ3) is 1.42. The van der Waals surface area contributed by atoms with Crippen molar-refractivity contribution in [1.82, 2.24) is 5.32 Å². The molecule has 0 radical (unpaired) electrons. The molecule has 4 rings (SSSR count). The van der Waals surface area contributed by atoms with Crippen molar-refractivity contribution in [3.05, 3.63) is 0 Å². The van der Waals surface area contributed by atoms with Gasteiger partial charge in [0.25, 0.3) is 0 Å². The molecule has 0 aromatic rings. The Labute approximate surface area is 99.6 Å². The summed E-state index contributed by atoms with van der Waals surface area (Å²) in [6.45, 7) is 1.98. The molecule has 0 spiro atoms. The minimum absolute atomic E-state index is 0. The Morgan fingerprint density at radius 3 is 1.94 bits per heavy atom. The maximum Gasteiger partial charge on any atom is 0.394 e. The summed E-state index contributed by atoms with van der Waals surface area (Å²) in [5.74, 6) is 0.558. The molecular formula is C11H17ClF3N. The molecule has 0 atom stereocenters. The number of alkyl halides is 3. The van der Waals surface area contributed by atoms with Crippen LogP contribution in [0.3, 0.4) is 0 Å². The molecule has 0 unspecified atom stereocenters. The minimum Gasteiger partial charge on any atom is -0.317 e. The van der Waals surface area contributed by atoms with E-state index >= 15 is 0 Å². The zero-order valence-corrected chi connectivity index (χ0v) is 9.89. The van der Waals surface area contributed by atoms with Crippen molar-refractivity contribution in [3.63, 3.8) is 0 Å². The van der Waals surface area contributed by atoms with E-state index in [1.54, 1.807) is 0 Å². The maximum atomic E-state index is 12.6. The Morgan fingerprint density at radius 2 is 1.50 bits per heavy atom. The Balaban J connectivity index is 0.000000963. The van der Waals surface area contributed by atoms with Crippen LogP contribution < -0.4 is 5.32 Å². The van der Waals surface area contributed by atoms with E-state index in [-0.39, 0.29) is 17.8 Å². The van der Waals surface area contributed by atoms with Gasteiger partial charge in [0.1, 0.15) is 0 Å². The van der Waals surface area contributed by atoms with E-state index in [0.717, 1.165) is 25.9 Å². The minimum atomic E-state index is -3.94. The van der Waals surface area contributed by atoms with Gasteiger partial charge >= 0.3 is 6.18 Å². The van der Waals surface area contributed by atoms with Crippen LogP contribution in [0.2, 0.25) is 0 Å². The van der Waals surface area contributed by atoms with Crippen molar-refractivity contribution in [2.75, 3.05) is 13.1 Å². The number of rotatable bonds is 1. The monoisotopic (exact) mass is 255 g/mol. The highest BCUT2D eigenvalue weighted by atomic mass is 35.5. The number of nitrogens with one attached hydrogen (secondary N) is 1. The molecule has 1 aliphatic heterocycles. The molecule has 3 aliphatic carbocycles. The Bertz CT molecular complexity index is 264. The lowest BCUT2D eigenvalue weighted by molar-refractivity contribution is -0.377. The van der Waals surface area contributed by atoms with Gasteiger partial charge < -0.3 is 5.32 Å². The lowest BCUT2D eigenvalue weighted by Crippen LogP contribution is -2.71. The fraction of sp³-hybridized carbons (Fsp3) is 1.00. The lowest BCUT2D eigenvalue weighted by Gasteiger charge is -2.73. The van der Waals surface area contributed by atoms with E-state index in [1.807, 2.05) is 0 Å². The lowest BCUT2D eigenvalue weighted by atomic mass is 9.31. The van der Waals surface area contributed by atoms with Crippen LogP contribution in [0.5, 0.6) is 0 Å². The average molecular weight is 256 g/mol. The fourth-order valence-corrected chi connectivity index (χ4v) is 4.03. The molecule has 1 heterocycles. The number of piperidine rings is 1. The van der Waals surface area contributed by atoms with Crippen LogP contribution in [-0.2, 0) is 0 Å². The van der Waals surface area contributed by atoms with Crippen molar-refractivity contribution in [1.29, 1.82) is 0 Å². The van der Waals surface area contributed by atoms with Crippen LogP contribution in [0, 0.1) is 16.7 Å². The number of halogens is 4. The number of hydrogen-bond acceptors (Lipinski definition) is 1. The van der Waals surface area contributed by atoms with Crippen molar-refractivity contribution < 1.29 is 13.2 Å². The van der Waals surface area contributed by atoms with Gasteiger partial charge in [-0.1, -0.05) is 0 Å². The predicted octanol–water partition coefficient (Wildman–Crippen LogP) is 3.14. The third-order valence-corrected chi connectivity index (χ3v) is 4.88. The van der Waals surface area contributed by atoms with E-state index in [0.29, 0.717) is 25.2 Å². The average Bonchev–Trinajstić information content (AvgIpc) is 1.98. The summed E-state index contributed by atoms with van der Waals surface area (Å²) in [5, 5.41) is 3.27. The first kappa shape index (κ1) is 12.5. The molecule has 1 N–H and O–H groups in total. The van der Waals surface area contributed by atoms with E-state index in [4.69, 9.17) is 0 Å². The Hall–Kier alpha value is 0.0400. The first-order valence-electron chi connectivity index (χ1n) is 5.75. The normalized spacial score (nSPS) is 42.9. The number of hydrogen-bond donors (Lipinski definition) is 1. The van der Waals surface area contributed by atoms with Gasteiger partial charge in [-0.25, -0.2) is 0 Å². The summed E-state index contributed by atoms with van der Waals surface area (Å²) in [4.78, 5) is 0. The maximum absolute atomic E-state index is 12.6. The molecule has 1 nitrogen and oxygen atoms in total. The zero-order chi connectivity index (χ0) is 10.7. The van der Waals surface area contributed by atoms with Gasteiger partial charge in [-0.15, -0.1) is 12.4 Å². The van der Waals surface area contributed by atoms with Crippen LogP contribution in [0.4, 0.5) is 13.2 Å². The van der Waals surface area contributed by atoms with Crippen LogP contribution in [0.15, 0.2) is 0 Å². The van der Waals surface area contributed by atoms with Crippen LogP contribution >= 0.6 is 12.4 Å². The van der Waals surface area contributed by atoms with Gasteiger partial charge in [0.05, 0.1) is 5.41 Å². The second-order valence-electron chi connectivity index (χ2n) is 5.70. The smallest absolute Gasteiger partial charge is 0.317 e. The highest BCUT2D eigenvalue weighted by Gasteiger charge is 2.79. The fourth-order valence-electron chi connectivity index (χ4n) is 4.03. The Morgan fingerprint density at radius 1 is 1.00 bits per heavy atom. The van der Waals surface area contributed by atoms with Gasteiger partial charge in [0.15, 0.2) is 0 Å². The molecule has 0 aromatic carbocycles. The first-order valence-corrected chi connectivity index (χ1v) is 5.75. The van der Waals surface area contributed by atoms with Crippen molar-refractivity contribution in [2.45, 2.75) is 38.3 Å². The standard InChI is InChI=1S/C11H16F3N.ClH/c12-11(13,14)10-5-9(6-10,7-10)8-1-3-15-4-2-8;/h8,15H,1-7H2;1H. The molecule has 5 heteroatoms. The molecule has 16 heavy (non-hydrogen) atoms. The van der Waals surface area contributed by atoms with Crippen molar-refractivity contribution in [2.24, 2.45) is 16.7 Å². The van der Waals surface area contributed by atoms with Gasteiger partial charge in [-0.2, -0.15) is 13.2 Å². The van der Waals surface area contributed by atoms with E-state index in [1.165, 1.54) is 0 Å². The second-order valence-corrected chi connectivity index (χ2v) is 5.70. The van der Waals surface area contributed by atoms with Crippen LogP contribution in [-0.4, -0.2) is 19.3 Å². The molecule has 2 bridgehead atoms. The van der Waals surface area contributed by atoms with Gasteiger partial charge in [-0.3, -0.25) is 0 Å². The van der Waals surface area contributed by atoms with E-state index < -0.39 is 11.6 Å². The largest absolute Gasteiger partial charge is 0.394 e. The van der Waals surface area contributed by atoms with Crippen molar-refractivity contribution >= 4 is 12.4 Å². The van der Waals surface area contributed by atoms with Gasteiger partial charge in [0, 0.05) is 0 Å². The summed E-state index contributed by atoms with van der Waals surface area (Å²) in [5.41, 5.74) is -1.16. The Kier molecular flexibility index (Phi) is 2.75. The molecule has 0 amide bonds. The van der Waals surface area contributed by atoms with Crippen LogP contribution in [0.25, 0.3) is 0 Å². The summed E-state index contributed by atoms with van der Waals surface area (Å²) in [6, 6.07) is 0. The third-order valence-electron chi connectivity index (χ3n) is 4.88. The predicted molar refractivity (Wildman–Crippen MR) is 57.6 cm³/mol. The second kappa shape index (κ2) is 3.52. The summed E-state index contributed by atoms with van der Waals surface area (Å²) in [7, 11) is 0. The summed E-state index contributed by atoms with van der Waals surface area (Å²) >= 11 is 0. The molecule has 4 fully saturated rings. The van der Waals surface area contributed by atoms with Crippen LogP contribution in [0.1, 0.15) is 32.1 Å². The molecule has 0 aromatic heterocycles. The topological polar surface area (TPSA) is 12.0 Å². The summed E-state index contributed by atoms with van der Waals surface area (Å²) < 4.78 is 37.9. The highest BCUT2D eigenvalue weighted by Crippen LogP contribution is 2.81. The van der Waals surface area contributed by atoms with E-state index in [9.17, 15) is 13.2 Å². The van der Waals surface area contributed by atoms with Crippen molar-refractivity contribution in [3.8, 4) is 0 Å². The molecule has 94 valence electrons. The van der Waals surface area contributed by atoms with Gasteiger partial charge in [-0.05, 0) is 56.5 Å². The molecule has 4 aliphatic rings. The molecular weight excluding hydrogens is 239 g/mol. The molecule has 1 saturated heterocycles. The molecule has 3 saturated carbocycles. The zero-order valence-electron chi connectivity index (χ0n) is 9.07. The summed E-state index contributed by atoms with van der Waals surface area (Å²) in [6.07, 6.45) is -0.514. The quantitative estimate of drug-likeness (QED) is 0.759. The first-order chi connectivity index (χ1) is 6.98. The van der Waals surface area contributed by atoms with E-state index in [2.05, 4.69) is 5.32 Å². The highest BCUT2D eigenvalue weighted by molar-refractivity contribution is 5.85. The van der Waals surface area contributed by atoms with Gasteiger partial charge in [0.2, 0.25) is 0 Å².